The standard InChI is InChI=1S/C11H17NO4/c1-8(3-5-15-2)12-7-10-9(11(13)14)4-6-16-10/h4,6,8,12H,3,5,7H2,1-2H3,(H,13,14). The fourth-order valence-electron chi connectivity index (χ4n) is 1.33. The maximum absolute atomic E-state index is 10.8. The normalized spacial score (nSPS) is 12.6. The molecule has 1 unspecified atom stereocenters. The summed E-state index contributed by atoms with van der Waals surface area (Å²) in [5.41, 5.74) is 0.214. The Labute approximate surface area is 94.4 Å². The molecule has 2 N–H and O–H groups in total. The molecule has 0 amide bonds. The average molecular weight is 227 g/mol. The molecule has 0 aliphatic carbocycles. The molecule has 0 radical (unpaired) electrons. The minimum absolute atomic E-state index is 0.214. The van der Waals surface area contributed by atoms with Crippen molar-refractivity contribution in [2.24, 2.45) is 0 Å². The summed E-state index contributed by atoms with van der Waals surface area (Å²) in [5.74, 6) is -0.508. The Morgan fingerprint density at radius 1 is 1.69 bits per heavy atom. The number of furan rings is 1. The number of carbonyl (C=O) groups is 1. The molecule has 0 fully saturated rings. The topological polar surface area (TPSA) is 71.7 Å². The Morgan fingerprint density at radius 3 is 3.06 bits per heavy atom. The van der Waals surface area contributed by atoms with E-state index in [1.165, 1.54) is 12.3 Å². The number of ether oxygens (including phenoxy) is 1. The molecular formula is C11H17NO4. The first kappa shape index (κ1) is 12.7. The van der Waals surface area contributed by atoms with Gasteiger partial charge in [0, 0.05) is 19.8 Å². The summed E-state index contributed by atoms with van der Waals surface area (Å²) >= 11 is 0. The molecular weight excluding hydrogens is 210 g/mol. The fourth-order valence-corrected chi connectivity index (χ4v) is 1.33. The molecule has 16 heavy (non-hydrogen) atoms. The zero-order chi connectivity index (χ0) is 12.0. The highest BCUT2D eigenvalue weighted by Gasteiger charge is 2.13. The second-order valence-electron chi connectivity index (χ2n) is 3.63. The van der Waals surface area contributed by atoms with Gasteiger partial charge in [-0.05, 0) is 19.4 Å². The molecule has 5 nitrogen and oxygen atoms in total. The third-order valence-corrected chi connectivity index (χ3v) is 2.34. The van der Waals surface area contributed by atoms with Crippen LogP contribution in [0.4, 0.5) is 0 Å². The van der Waals surface area contributed by atoms with Crippen LogP contribution in [0.1, 0.15) is 29.5 Å². The Hall–Kier alpha value is -1.33. The van der Waals surface area contributed by atoms with Gasteiger partial charge in [0.2, 0.25) is 0 Å². The van der Waals surface area contributed by atoms with E-state index in [0.717, 1.165) is 6.42 Å². The highest BCUT2D eigenvalue weighted by Crippen LogP contribution is 2.10. The molecule has 1 aromatic heterocycles. The monoisotopic (exact) mass is 227 g/mol. The smallest absolute Gasteiger partial charge is 0.339 e. The summed E-state index contributed by atoms with van der Waals surface area (Å²) in [5, 5.41) is 12.0. The number of rotatable bonds is 7. The molecule has 1 heterocycles. The van der Waals surface area contributed by atoms with Crippen LogP contribution >= 0.6 is 0 Å². The van der Waals surface area contributed by atoms with Crippen molar-refractivity contribution in [3.8, 4) is 0 Å². The van der Waals surface area contributed by atoms with Gasteiger partial charge >= 0.3 is 5.97 Å². The lowest BCUT2D eigenvalue weighted by Gasteiger charge is -2.12. The number of hydrogen-bond donors (Lipinski definition) is 2. The van der Waals surface area contributed by atoms with Crippen LogP contribution in [0, 0.1) is 0 Å². The van der Waals surface area contributed by atoms with Crippen LogP contribution in [0.5, 0.6) is 0 Å². The van der Waals surface area contributed by atoms with E-state index >= 15 is 0 Å². The predicted molar refractivity (Wildman–Crippen MR) is 58.5 cm³/mol. The van der Waals surface area contributed by atoms with Gasteiger partial charge in [-0.15, -0.1) is 0 Å². The molecule has 1 rings (SSSR count). The lowest BCUT2D eigenvalue weighted by atomic mass is 10.2. The van der Waals surface area contributed by atoms with E-state index in [-0.39, 0.29) is 11.6 Å². The number of methoxy groups -OCH3 is 1. The number of hydrogen-bond acceptors (Lipinski definition) is 4. The van der Waals surface area contributed by atoms with E-state index in [1.807, 2.05) is 6.92 Å². The minimum Gasteiger partial charge on any atom is -0.478 e. The van der Waals surface area contributed by atoms with Gasteiger partial charge in [-0.1, -0.05) is 0 Å². The SMILES string of the molecule is COCCC(C)NCc1occc1C(=O)O. The van der Waals surface area contributed by atoms with Gasteiger partial charge in [-0.3, -0.25) is 0 Å². The number of carboxylic acid groups (broad SMARTS) is 1. The average Bonchev–Trinajstić information content (AvgIpc) is 2.71. The van der Waals surface area contributed by atoms with E-state index in [1.54, 1.807) is 7.11 Å². The van der Waals surface area contributed by atoms with Crippen molar-refractivity contribution < 1.29 is 19.1 Å². The number of carboxylic acids is 1. The zero-order valence-electron chi connectivity index (χ0n) is 9.53. The van der Waals surface area contributed by atoms with Gasteiger partial charge in [0.15, 0.2) is 0 Å². The Morgan fingerprint density at radius 2 is 2.44 bits per heavy atom. The number of aromatic carboxylic acids is 1. The summed E-state index contributed by atoms with van der Waals surface area (Å²) in [6.07, 6.45) is 2.26. The quantitative estimate of drug-likeness (QED) is 0.738. The molecule has 0 bridgehead atoms. The summed E-state index contributed by atoms with van der Waals surface area (Å²) in [6.45, 7) is 3.11. The second kappa shape index (κ2) is 6.30. The first-order valence-corrected chi connectivity index (χ1v) is 5.17. The fraction of sp³-hybridized carbons (Fsp3) is 0.545. The van der Waals surface area contributed by atoms with Crippen molar-refractivity contribution in [1.82, 2.24) is 5.32 Å². The molecule has 0 aliphatic rings. The van der Waals surface area contributed by atoms with Crippen molar-refractivity contribution in [1.29, 1.82) is 0 Å². The Balaban J connectivity index is 2.42. The summed E-state index contributed by atoms with van der Waals surface area (Å²) < 4.78 is 10.1. The van der Waals surface area contributed by atoms with Crippen LogP contribution in [0.25, 0.3) is 0 Å². The van der Waals surface area contributed by atoms with Gasteiger partial charge in [-0.25, -0.2) is 4.79 Å². The van der Waals surface area contributed by atoms with Gasteiger partial charge in [0.1, 0.15) is 11.3 Å². The molecule has 90 valence electrons. The third kappa shape index (κ3) is 3.67. The van der Waals surface area contributed by atoms with Crippen LogP contribution in [-0.4, -0.2) is 30.8 Å². The van der Waals surface area contributed by atoms with Gasteiger partial charge in [-0.2, -0.15) is 0 Å². The second-order valence-corrected chi connectivity index (χ2v) is 3.63. The van der Waals surface area contributed by atoms with E-state index < -0.39 is 5.97 Å². The van der Waals surface area contributed by atoms with E-state index in [0.29, 0.717) is 18.9 Å². The maximum Gasteiger partial charge on any atom is 0.339 e. The van der Waals surface area contributed by atoms with Gasteiger partial charge in [0.25, 0.3) is 0 Å². The van der Waals surface area contributed by atoms with Gasteiger partial charge < -0.3 is 19.6 Å². The van der Waals surface area contributed by atoms with Crippen molar-refractivity contribution >= 4 is 5.97 Å². The van der Waals surface area contributed by atoms with Crippen LogP contribution in [0.2, 0.25) is 0 Å². The highest BCUT2D eigenvalue weighted by molar-refractivity contribution is 5.88. The van der Waals surface area contributed by atoms with Crippen molar-refractivity contribution in [2.75, 3.05) is 13.7 Å². The van der Waals surface area contributed by atoms with Crippen LogP contribution in [-0.2, 0) is 11.3 Å². The van der Waals surface area contributed by atoms with Crippen molar-refractivity contribution in [2.45, 2.75) is 25.9 Å². The molecule has 1 atom stereocenters. The molecule has 1 aromatic rings. The number of nitrogens with one attached hydrogen (secondary N) is 1. The summed E-state index contributed by atoms with van der Waals surface area (Å²) in [4.78, 5) is 10.8. The lowest BCUT2D eigenvalue weighted by molar-refractivity contribution is 0.0694. The Bertz CT molecular complexity index is 334. The minimum atomic E-state index is -0.963. The van der Waals surface area contributed by atoms with Crippen LogP contribution in [0.3, 0.4) is 0 Å². The van der Waals surface area contributed by atoms with Gasteiger partial charge in [0.05, 0.1) is 12.8 Å². The van der Waals surface area contributed by atoms with E-state index in [4.69, 9.17) is 14.3 Å². The largest absolute Gasteiger partial charge is 0.478 e. The Kier molecular flexibility index (Phi) is 5.01. The summed E-state index contributed by atoms with van der Waals surface area (Å²) in [6, 6.07) is 1.71. The molecule has 0 saturated heterocycles. The van der Waals surface area contributed by atoms with Crippen molar-refractivity contribution in [3.63, 3.8) is 0 Å². The first-order valence-electron chi connectivity index (χ1n) is 5.17. The maximum atomic E-state index is 10.8. The molecule has 0 saturated carbocycles. The summed E-state index contributed by atoms with van der Waals surface area (Å²) in [7, 11) is 1.65. The van der Waals surface area contributed by atoms with E-state index in [9.17, 15) is 4.79 Å². The van der Waals surface area contributed by atoms with E-state index in [2.05, 4.69) is 5.32 Å². The molecule has 5 heteroatoms. The van der Waals surface area contributed by atoms with Crippen molar-refractivity contribution in [3.05, 3.63) is 23.7 Å². The molecule has 0 aliphatic heterocycles. The van der Waals surface area contributed by atoms with Crippen LogP contribution in [0.15, 0.2) is 16.7 Å². The molecule has 0 aromatic carbocycles. The molecule has 0 spiro atoms. The first-order chi connectivity index (χ1) is 7.65. The lowest BCUT2D eigenvalue weighted by Crippen LogP contribution is -2.27. The zero-order valence-corrected chi connectivity index (χ0v) is 9.53. The predicted octanol–water partition coefficient (Wildman–Crippen LogP) is 1.49. The third-order valence-electron chi connectivity index (χ3n) is 2.34. The van der Waals surface area contributed by atoms with Crippen LogP contribution < -0.4 is 5.32 Å². The highest BCUT2D eigenvalue weighted by atomic mass is 16.5.